The molecule has 2 aromatic heterocycles. The summed E-state index contributed by atoms with van der Waals surface area (Å²) in [5.41, 5.74) is 6.91. The molecule has 11 rings (SSSR count). The third-order valence-electron chi connectivity index (χ3n) is 10.5. The Kier molecular flexibility index (Phi) is 6.52. The smallest absolute Gasteiger partial charge is 0.164 e. The zero-order valence-electron chi connectivity index (χ0n) is 28.5. The molecule has 4 nitrogen and oxygen atoms in total. The number of nitrogens with zero attached hydrogens (tertiary/aromatic N) is 3. The molecule has 0 radical (unpaired) electrons. The van der Waals surface area contributed by atoms with Crippen molar-refractivity contribution in [1.29, 1.82) is 0 Å². The molecule has 0 aliphatic carbocycles. The highest BCUT2D eigenvalue weighted by Gasteiger charge is 2.20. The maximum absolute atomic E-state index is 6.55. The predicted molar refractivity (Wildman–Crippen MR) is 219 cm³/mol. The zero-order valence-corrected chi connectivity index (χ0v) is 28.5. The Morgan fingerprint density at radius 1 is 0.302 bits per heavy atom. The molecule has 0 spiro atoms. The number of hydrogen-bond donors (Lipinski definition) is 0. The van der Waals surface area contributed by atoms with Crippen molar-refractivity contribution in [3.8, 4) is 45.3 Å². The second-order valence-corrected chi connectivity index (χ2v) is 13.6. The highest BCUT2D eigenvalue weighted by atomic mass is 16.3. The highest BCUT2D eigenvalue weighted by molar-refractivity contribution is 6.32. The van der Waals surface area contributed by atoms with Crippen LogP contribution in [0.2, 0.25) is 0 Å². The molecular weight excluding hydrogens is 647 g/mol. The minimum atomic E-state index is 0.625. The Bertz CT molecular complexity index is 3220. The first kappa shape index (κ1) is 29.5. The van der Waals surface area contributed by atoms with Crippen LogP contribution in [0.4, 0.5) is 0 Å². The summed E-state index contributed by atoms with van der Waals surface area (Å²) in [5, 5.41) is 11.3. The summed E-state index contributed by atoms with van der Waals surface area (Å²) in [4.78, 5) is 15.6. The molecule has 0 unspecified atom stereocenters. The van der Waals surface area contributed by atoms with Gasteiger partial charge >= 0.3 is 0 Å². The fourth-order valence-corrected chi connectivity index (χ4v) is 7.94. The molecule has 2 heterocycles. The Labute approximate surface area is 304 Å². The van der Waals surface area contributed by atoms with E-state index in [1.807, 2.05) is 24.3 Å². The first-order valence-electron chi connectivity index (χ1n) is 17.9. The Morgan fingerprint density at radius 3 is 1.66 bits per heavy atom. The van der Waals surface area contributed by atoms with Crippen molar-refractivity contribution in [3.63, 3.8) is 0 Å². The maximum atomic E-state index is 6.55. The van der Waals surface area contributed by atoms with Gasteiger partial charge in [-0.25, -0.2) is 15.0 Å². The molecule has 0 fully saturated rings. The first-order valence-corrected chi connectivity index (χ1v) is 17.9. The molecule has 0 aliphatic heterocycles. The fourth-order valence-electron chi connectivity index (χ4n) is 7.94. The molecular formula is C49H29N3O. The van der Waals surface area contributed by atoms with Crippen LogP contribution in [0.15, 0.2) is 180 Å². The van der Waals surface area contributed by atoms with E-state index in [1.54, 1.807) is 0 Å². The third-order valence-corrected chi connectivity index (χ3v) is 10.5. The van der Waals surface area contributed by atoms with E-state index in [9.17, 15) is 0 Å². The van der Waals surface area contributed by atoms with E-state index >= 15 is 0 Å². The first-order chi connectivity index (χ1) is 26.2. The molecule has 0 atom stereocenters. The van der Waals surface area contributed by atoms with Gasteiger partial charge in [0.15, 0.2) is 17.5 Å². The van der Waals surface area contributed by atoms with Crippen LogP contribution in [0.25, 0.3) is 110 Å². The molecule has 9 aromatic carbocycles. The number of aromatic nitrogens is 3. The molecule has 11 aromatic rings. The van der Waals surface area contributed by atoms with Crippen LogP contribution < -0.4 is 0 Å². The largest absolute Gasteiger partial charge is 0.456 e. The number of benzene rings is 9. The van der Waals surface area contributed by atoms with E-state index in [4.69, 9.17) is 19.4 Å². The second-order valence-electron chi connectivity index (χ2n) is 13.6. The van der Waals surface area contributed by atoms with Gasteiger partial charge in [-0.2, -0.15) is 0 Å². The zero-order chi connectivity index (χ0) is 34.9. The summed E-state index contributed by atoms with van der Waals surface area (Å²) in [6, 6.07) is 61.6. The Morgan fingerprint density at radius 2 is 0.868 bits per heavy atom. The van der Waals surface area contributed by atoms with Gasteiger partial charge in [0.05, 0.1) is 0 Å². The van der Waals surface area contributed by atoms with Crippen molar-refractivity contribution in [2.45, 2.75) is 0 Å². The molecule has 0 amide bonds. The Balaban J connectivity index is 1.19. The van der Waals surface area contributed by atoms with Crippen molar-refractivity contribution in [3.05, 3.63) is 176 Å². The summed E-state index contributed by atoms with van der Waals surface area (Å²) in [5.74, 6) is 1.88. The van der Waals surface area contributed by atoms with Gasteiger partial charge in [-0.15, -0.1) is 0 Å². The van der Waals surface area contributed by atoms with Crippen LogP contribution >= 0.6 is 0 Å². The lowest BCUT2D eigenvalue weighted by Crippen LogP contribution is -2.01. The van der Waals surface area contributed by atoms with E-state index in [-0.39, 0.29) is 0 Å². The molecule has 0 bridgehead atoms. The van der Waals surface area contributed by atoms with Gasteiger partial charge in [0.2, 0.25) is 0 Å². The SMILES string of the molecule is c1ccc(-c2ccc3ccc(-c4nc(-c5ccccc5)nc(-c5cc6ccccc6c6c5ccc5oc7ccc8ccccc8c7c56)n4)cc3c2)cc1. The van der Waals surface area contributed by atoms with Crippen LogP contribution in [0.3, 0.4) is 0 Å². The van der Waals surface area contributed by atoms with Gasteiger partial charge in [-0.05, 0) is 85.2 Å². The monoisotopic (exact) mass is 675 g/mol. The van der Waals surface area contributed by atoms with Gasteiger partial charge in [0.25, 0.3) is 0 Å². The summed E-state index contributed by atoms with van der Waals surface area (Å²) >= 11 is 0. The molecule has 4 heteroatoms. The average molecular weight is 676 g/mol. The van der Waals surface area contributed by atoms with E-state index in [2.05, 4.69) is 152 Å². The normalized spacial score (nSPS) is 11.8. The molecule has 0 N–H and O–H groups in total. The average Bonchev–Trinajstić information content (AvgIpc) is 3.63. The summed E-state index contributed by atoms with van der Waals surface area (Å²) in [6.07, 6.45) is 0. The predicted octanol–water partition coefficient (Wildman–Crippen LogP) is 13.1. The minimum absolute atomic E-state index is 0.625. The lowest BCUT2D eigenvalue weighted by atomic mass is 9.92. The summed E-state index contributed by atoms with van der Waals surface area (Å²) in [7, 11) is 0. The van der Waals surface area contributed by atoms with Gasteiger partial charge in [-0.3, -0.25) is 0 Å². The van der Waals surface area contributed by atoms with Gasteiger partial charge in [-0.1, -0.05) is 140 Å². The van der Waals surface area contributed by atoms with E-state index in [0.717, 1.165) is 70.9 Å². The van der Waals surface area contributed by atoms with Crippen molar-refractivity contribution >= 4 is 65.0 Å². The van der Waals surface area contributed by atoms with Crippen molar-refractivity contribution in [2.75, 3.05) is 0 Å². The van der Waals surface area contributed by atoms with E-state index < -0.39 is 0 Å². The number of hydrogen-bond acceptors (Lipinski definition) is 4. The van der Waals surface area contributed by atoms with Crippen molar-refractivity contribution in [2.24, 2.45) is 0 Å². The Hall–Kier alpha value is -7.17. The van der Waals surface area contributed by atoms with Gasteiger partial charge < -0.3 is 4.42 Å². The van der Waals surface area contributed by atoms with Gasteiger partial charge in [0, 0.05) is 32.8 Å². The van der Waals surface area contributed by atoms with E-state index in [1.165, 1.54) is 21.9 Å². The molecule has 0 saturated heterocycles. The van der Waals surface area contributed by atoms with Crippen molar-refractivity contribution < 1.29 is 4.42 Å². The minimum Gasteiger partial charge on any atom is -0.456 e. The maximum Gasteiger partial charge on any atom is 0.164 e. The lowest BCUT2D eigenvalue weighted by molar-refractivity contribution is 0.669. The lowest BCUT2D eigenvalue weighted by Gasteiger charge is -2.13. The molecule has 0 aliphatic rings. The molecule has 246 valence electrons. The standard InChI is InChI=1S/C49H29N3O/c1-3-11-30(12-4-1)34-21-19-31-20-22-36(28-37(31)27-34)48-50-47(33-14-5-2-6-15-33)51-49(52-48)41-29-35-16-8-10-18-39(35)44-40(41)24-26-43-46(44)45-38-17-9-7-13-32(38)23-25-42(45)53-43/h1-29H. The van der Waals surface area contributed by atoms with E-state index in [0.29, 0.717) is 17.5 Å². The van der Waals surface area contributed by atoms with Crippen LogP contribution in [-0.2, 0) is 0 Å². The number of furan rings is 1. The highest BCUT2D eigenvalue weighted by Crippen LogP contribution is 2.44. The van der Waals surface area contributed by atoms with Crippen LogP contribution in [0.5, 0.6) is 0 Å². The van der Waals surface area contributed by atoms with Crippen LogP contribution in [-0.4, -0.2) is 15.0 Å². The van der Waals surface area contributed by atoms with Gasteiger partial charge in [0.1, 0.15) is 11.2 Å². The molecule has 53 heavy (non-hydrogen) atoms. The quantitative estimate of drug-likeness (QED) is 0.174. The fraction of sp³-hybridized carbons (Fsp3) is 0. The van der Waals surface area contributed by atoms with Crippen LogP contribution in [0.1, 0.15) is 0 Å². The molecule has 0 saturated carbocycles. The number of fused-ring (bicyclic) bond motifs is 10. The summed E-state index contributed by atoms with van der Waals surface area (Å²) < 4.78 is 6.55. The third kappa shape index (κ3) is 4.80. The van der Waals surface area contributed by atoms with Crippen molar-refractivity contribution in [1.82, 2.24) is 15.0 Å². The second kappa shape index (κ2) is 11.7. The topological polar surface area (TPSA) is 51.8 Å². The van der Waals surface area contributed by atoms with Crippen LogP contribution in [0, 0.1) is 0 Å². The summed E-state index contributed by atoms with van der Waals surface area (Å²) in [6.45, 7) is 0. The number of rotatable bonds is 4.